The maximum atomic E-state index is 12.6. The van der Waals surface area contributed by atoms with Gasteiger partial charge in [-0.3, -0.25) is 9.78 Å². The summed E-state index contributed by atoms with van der Waals surface area (Å²) < 4.78 is 10.8. The lowest BCUT2D eigenvalue weighted by Gasteiger charge is -2.30. The first-order valence-corrected chi connectivity index (χ1v) is 8.56. The Morgan fingerprint density at radius 3 is 2.79 bits per heavy atom. The Bertz CT molecular complexity index is 691. The van der Waals surface area contributed by atoms with E-state index in [1.165, 1.54) is 0 Å². The monoisotopic (exact) mass is 327 g/mol. The van der Waals surface area contributed by atoms with Crippen LogP contribution in [0.3, 0.4) is 0 Å². The molecular weight excluding hydrogens is 306 g/mol. The van der Waals surface area contributed by atoms with Gasteiger partial charge in [0.1, 0.15) is 5.76 Å². The normalized spacial score (nSPS) is 19.8. The summed E-state index contributed by atoms with van der Waals surface area (Å²) in [5.41, 5.74) is 1.38. The van der Waals surface area contributed by atoms with E-state index < -0.39 is 0 Å². The van der Waals surface area contributed by atoms with Crippen LogP contribution in [0.5, 0.6) is 0 Å². The number of nitrogens with one attached hydrogen (secondary N) is 1. The van der Waals surface area contributed by atoms with Crippen LogP contribution in [0.2, 0.25) is 0 Å². The standard InChI is InChI=1S/C18H21N3O3/c22-18(15-10-16(24-21-15)12-3-4-12)20-17(13-5-8-23-9-6-13)14-2-1-7-19-11-14/h1-2,7,10-13,17H,3-6,8-9H2,(H,20,22). The van der Waals surface area contributed by atoms with Crippen LogP contribution < -0.4 is 5.32 Å². The van der Waals surface area contributed by atoms with Gasteiger partial charge in [0.25, 0.3) is 5.91 Å². The predicted molar refractivity (Wildman–Crippen MR) is 86.5 cm³/mol. The van der Waals surface area contributed by atoms with E-state index >= 15 is 0 Å². The number of hydrogen-bond acceptors (Lipinski definition) is 5. The summed E-state index contributed by atoms with van der Waals surface area (Å²) in [6.07, 6.45) is 7.65. The van der Waals surface area contributed by atoms with Crippen molar-refractivity contribution in [2.24, 2.45) is 5.92 Å². The van der Waals surface area contributed by atoms with Crippen molar-refractivity contribution in [2.45, 2.75) is 37.6 Å². The Labute approximate surface area is 140 Å². The molecule has 1 N–H and O–H groups in total. The lowest BCUT2D eigenvalue weighted by Crippen LogP contribution is -2.36. The Morgan fingerprint density at radius 2 is 2.08 bits per heavy atom. The molecule has 0 spiro atoms. The maximum Gasteiger partial charge on any atom is 0.273 e. The Hall–Kier alpha value is -2.21. The fourth-order valence-corrected chi connectivity index (χ4v) is 3.25. The topological polar surface area (TPSA) is 77.2 Å². The number of carbonyl (C=O) groups is 1. The maximum absolute atomic E-state index is 12.6. The predicted octanol–water partition coefficient (Wildman–Crippen LogP) is 2.84. The fourth-order valence-electron chi connectivity index (χ4n) is 3.25. The van der Waals surface area contributed by atoms with Gasteiger partial charge < -0.3 is 14.6 Å². The molecule has 2 fully saturated rings. The number of nitrogens with zero attached hydrogens (tertiary/aromatic N) is 2. The summed E-state index contributed by atoms with van der Waals surface area (Å²) >= 11 is 0. The van der Waals surface area contributed by atoms with Crippen molar-refractivity contribution in [3.05, 3.63) is 47.6 Å². The lowest BCUT2D eigenvalue weighted by atomic mass is 9.87. The quantitative estimate of drug-likeness (QED) is 0.914. The molecule has 3 heterocycles. The second-order valence-corrected chi connectivity index (χ2v) is 6.58. The van der Waals surface area contributed by atoms with Crippen LogP contribution in [0.15, 0.2) is 35.1 Å². The van der Waals surface area contributed by atoms with Gasteiger partial charge in [0, 0.05) is 37.6 Å². The number of pyridine rings is 1. The van der Waals surface area contributed by atoms with E-state index in [4.69, 9.17) is 9.26 Å². The van der Waals surface area contributed by atoms with Crippen LogP contribution in [0.25, 0.3) is 0 Å². The smallest absolute Gasteiger partial charge is 0.273 e. The van der Waals surface area contributed by atoms with E-state index in [1.807, 2.05) is 18.3 Å². The van der Waals surface area contributed by atoms with E-state index in [0.29, 0.717) is 17.5 Å². The number of ether oxygens (including phenoxy) is 1. The first-order chi connectivity index (χ1) is 11.8. The van der Waals surface area contributed by atoms with E-state index in [1.54, 1.807) is 12.3 Å². The molecule has 6 nitrogen and oxygen atoms in total. The third-order valence-electron chi connectivity index (χ3n) is 4.81. The van der Waals surface area contributed by atoms with Crippen molar-refractivity contribution in [3.8, 4) is 0 Å². The van der Waals surface area contributed by atoms with Crippen molar-refractivity contribution >= 4 is 5.91 Å². The van der Waals surface area contributed by atoms with Crippen molar-refractivity contribution in [2.75, 3.05) is 13.2 Å². The fraction of sp³-hybridized carbons (Fsp3) is 0.500. The molecule has 1 aliphatic carbocycles. The van der Waals surface area contributed by atoms with Gasteiger partial charge in [-0.1, -0.05) is 11.2 Å². The van der Waals surface area contributed by atoms with Crippen LogP contribution in [0, 0.1) is 5.92 Å². The number of rotatable bonds is 5. The van der Waals surface area contributed by atoms with Crippen molar-refractivity contribution in [1.29, 1.82) is 0 Å². The summed E-state index contributed by atoms with van der Waals surface area (Å²) in [7, 11) is 0. The van der Waals surface area contributed by atoms with Crippen LogP contribution in [0.4, 0.5) is 0 Å². The lowest BCUT2D eigenvalue weighted by molar-refractivity contribution is 0.0512. The van der Waals surface area contributed by atoms with Crippen molar-refractivity contribution in [3.63, 3.8) is 0 Å². The number of hydrogen-bond donors (Lipinski definition) is 1. The molecule has 1 aliphatic heterocycles. The first kappa shape index (κ1) is 15.3. The third-order valence-corrected chi connectivity index (χ3v) is 4.81. The van der Waals surface area contributed by atoms with Gasteiger partial charge in [-0.2, -0.15) is 0 Å². The number of carbonyl (C=O) groups excluding carboxylic acids is 1. The summed E-state index contributed by atoms with van der Waals surface area (Å²) in [4.78, 5) is 16.8. The van der Waals surface area contributed by atoms with Gasteiger partial charge in [0.2, 0.25) is 0 Å². The van der Waals surface area contributed by atoms with Gasteiger partial charge in [0.15, 0.2) is 5.69 Å². The average molecular weight is 327 g/mol. The number of aromatic nitrogens is 2. The molecule has 6 heteroatoms. The molecular formula is C18H21N3O3. The van der Waals surface area contributed by atoms with E-state index in [9.17, 15) is 4.79 Å². The second kappa shape index (κ2) is 6.73. The largest absolute Gasteiger partial charge is 0.381 e. The summed E-state index contributed by atoms with van der Waals surface area (Å²) in [5.74, 6) is 1.42. The second-order valence-electron chi connectivity index (χ2n) is 6.58. The molecule has 4 rings (SSSR count). The van der Waals surface area contributed by atoms with E-state index in [0.717, 1.165) is 50.2 Å². The van der Waals surface area contributed by atoms with Gasteiger partial charge in [0.05, 0.1) is 6.04 Å². The highest BCUT2D eigenvalue weighted by Gasteiger charge is 2.31. The zero-order chi connectivity index (χ0) is 16.4. The molecule has 1 atom stereocenters. The molecule has 1 amide bonds. The molecule has 2 aliphatic rings. The summed E-state index contributed by atoms with van der Waals surface area (Å²) in [6.45, 7) is 1.46. The molecule has 2 aromatic heterocycles. The van der Waals surface area contributed by atoms with Gasteiger partial charge in [-0.25, -0.2) is 0 Å². The first-order valence-electron chi connectivity index (χ1n) is 8.56. The van der Waals surface area contributed by atoms with Crippen LogP contribution in [-0.4, -0.2) is 29.3 Å². The molecule has 1 saturated carbocycles. The Morgan fingerprint density at radius 1 is 1.25 bits per heavy atom. The highest BCUT2D eigenvalue weighted by molar-refractivity contribution is 5.92. The minimum absolute atomic E-state index is 0.0869. The zero-order valence-electron chi connectivity index (χ0n) is 13.5. The minimum Gasteiger partial charge on any atom is -0.381 e. The SMILES string of the molecule is O=C(NC(c1cccnc1)C1CCOCC1)c1cc(C2CC2)on1. The zero-order valence-corrected chi connectivity index (χ0v) is 13.5. The molecule has 0 bridgehead atoms. The highest BCUT2D eigenvalue weighted by atomic mass is 16.5. The molecule has 0 radical (unpaired) electrons. The van der Waals surface area contributed by atoms with E-state index in [2.05, 4.69) is 15.5 Å². The van der Waals surface area contributed by atoms with Crippen molar-refractivity contribution in [1.82, 2.24) is 15.5 Å². The van der Waals surface area contributed by atoms with Crippen LogP contribution in [-0.2, 0) is 4.74 Å². The van der Waals surface area contributed by atoms with Gasteiger partial charge >= 0.3 is 0 Å². The molecule has 1 unspecified atom stereocenters. The molecule has 0 aromatic carbocycles. The Balaban J connectivity index is 1.52. The number of amides is 1. The highest BCUT2D eigenvalue weighted by Crippen LogP contribution is 2.40. The van der Waals surface area contributed by atoms with Gasteiger partial charge in [-0.05, 0) is 43.2 Å². The minimum atomic E-state index is -0.189. The van der Waals surface area contributed by atoms with Gasteiger partial charge in [-0.15, -0.1) is 0 Å². The van der Waals surface area contributed by atoms with Crippen molar-refractivity contribution < 1.29 is 14.1 Å². The molecule has 2 aromatic rings. The van der Waals surface area contributed by atoms with E-state index in [-0.39, 0.29) is 11.9 Å². The molecule has 1 saturated heterocycles. The average Bonchev–Trinajstić information content (AvgIpc) is 3.38. The Kier molecular flexibility index (Phi) is 4.30. The van der Waals surface area contributed by atoms with Crippen LogP contribution >= 0.6 is 0 Å². The summed E-state index contributed by atoms with van der Waals surface area (Å²) in [6, 6.07) is 5.59. The van der Waals surface area contributed by atoms with Crippen LogP contribution in [0.1, 0.15) is 59.5 Å². The molecule has 24 heavy (non-hydrogen) atoms. The third kappa shape index (κ3) is 3.33. The molecule has 126 valence electrons. The summed E-state index contributed by atoms with van der Waals surface area (Å²) in [5, 5.41) is 7.08.